The summed E-state index contributed by atoms with van der Waals surface area (Å²) in [7, 11) is 0. The van der Waals surface area contributed by atoms with Crippen molar-refractivity contribution in [3.05, 3.63) is 35.6 Å². The Hall–Kier alpha value is -1.47. The molecule has 0 radical (unpaired) electrons. The van der Waals surface area contributed by atoms with E-state index in [0.717, 1.165) is 16.0 Å². The second-order valence-electron chi connectivity index (χ2n) is 4.59. The summed E-state index contributed by atoms with van der Waals surface area (Å²) in [5, 5.41) is 11.1. The molecule has 4 nitrogen and oxygen atoms in total. The quantitative estimate of drug-likeness (QED) is 0.679. The molecule has 0 unspecified atom stereocenters. The maximum absolute atomic E-state index is 12.8. The Labute approximate surface area is 123 Å². The van der Waals surface area contributed by atoms with Gasteiger partial charge in [-0.25, -0.2) is 4.39 Å². The number of amides is 1. The van der Waals surface area contributed by atoms with Crippen molar-refractivity contribution in [3.8, 4) is 0 Å². The first-order chi connectivity index (χ1) is 9.70. The van der Waals surface area contributed by atoms with Crippen LogP contribution >= 0.6 is 23.1 Å². The third kappa shape index (κ3) is 3.55. The van der Waals surface area contributed by atoms with Crippen LogP contribution in [-0.2, 0) is 0 Å². The summed E-state index contributed by atoms with van der Waals surface area (Å²) in [4.78, 5) is 11.9. The van der Waals surface area contributed by atoms with Gasteiger partial charge in [-0.2, -0.15) is 0 Å². The molecule has 3 rings (SSSR count). The number of nitrogens with one attached hydrogen (secondary N) is 1. The first kappa shape index (κ1) is 13.5. The van der Waals surface area contributed by atoms with Crippen LogP contribution in [0, 0.1) is 11.7 Å². The van der Waals surface area contributed by atoms with Gasteiger partial charge in [0.05, 0.1) is 0 Å². The number of carbonyl (C=O) groups is 1. The number of thioether (sulfide) groups is 1. The lowest BCUT2D eigenvalue weighted by atomic mass is 10.2. The number of hydrogen-bond acceptors (Lipinski definition) is 5. The van der Waals surface area contributed by atoms with Crippen molar-refractivity contribution in [2.45, 2.75) is 17.2 Å². The number of carbonyl (C=O) groups excluding carboxylic acids is 1. The van der Waals surface area contributed by atoms with Gasteiger partial charge in [-0.05, 0) is 43.0 Å². The summed E-state index contributed by atoms with van der Waals surface area (Å²) in [5.41, 5.74) is 0.397. The summed E-state index contributed by atoms with van der Waals surface area (Å²) in [6, 6.07) is 5.39. The molecule has 0 saturated heterocycles. The molecule has 0 spiro atoms. The minimum absolute atomic E-state index is 0.306. The van der Waals surface area contributed by atoms with Crippen molar-refractivity contribution in [3.63, 3.8) is 0 Å². The Morgan fingerprint density at radius 3 is 2.80 bits per heavy atom. The third-order valence-electron chi connectivity index (χ3n) is 2.87. The van der Waals surface area contributed by atoms with Crippen LogP contribution < -0.4 is 5.32 Å². The van der Waals surface area contributed by atoms with Crippen LogP contribution in [0.5, 0.6) is 0 Å². The molecular formula is C13H12FN3OS2. The highest BCUT2D eigenvalue weighted by Gasteiger charge is 2.22. The molecule has 2 aromatic rings. The second-order valence-corrected chi connectivity index (χ2v) is 6.83. The first-order valence-corrected chi connectivity index (χ1v) is 8.04. The Bertz CT molecular complexity index is 610. The highest BCUT2D eigenvalue weighted by molar-refractivity contribution is 8.01. The molecule has 20 heavy (non-hydrogen) atoms. The van der Waals surface area contributed by atoms with Crippen LogP contribution in [0.1, 0.15) is 23.2 Å². The van der Waals surface area contributed by atoms with Gasteiger partial charge in [-0.15, -0.1) is 10.2 Å². The predicted molar refractivity (Wildman–Crippen MR) is 77.7 cm³/mol. The average molecular weight is 309 g/mol. The van der Waals surface area contributed by atoms with Gasteiger partial charge in [0.25, 0.3) is 5.91 Å². The van der Waals surface area contributed by atoms with Crippen molar-refractivity contribution in [1.29, 1.82) is 0 Å². The zero-order chi connectivity index (χ0) is 13.9. The molecule has 7 heteroatoms. The Morgan fingerprint density at radius 1 is 1.35 bits per heavy atom. The Morgan fingerprint density at radius 2 is 2.10 bits per heavy atom. The van der Waals surface area contributed by atoms with E-state index in [4.69, 9.17) is 0 Å². The van der Waals surface area contributed by atoms with Crippen LogP contribution in [0.25, 0.3) is 0 Å². The number of aromatic nitrogens is 2. The largest absolute Gasteiger partial charge is 0.296 e. The number of rotatable bonds is 5. The van der Waals surface area contributed by atoms with Crippen LogP contribution in [0.15, 0.2) is 28.6 Å². The van der Waals surface area contributed by atoms with E-state index in [2.05, 4.69) is 15.5 Å². The number of benzene rings is 1. The molecule has 0 aliphatic heterocycles. The van der Waals surface area contributed by atoms with Crippen molar-refractivity contribution in [2.75, 3.05) is 11.1 Å². The summed E-state index contributed by atoms with van der Waals surface area (Å²) in [6.07, 6.45) is 2.61. The van der Waals surface area contributed by atoms with Crippen LogP contribution in [0.4, 0.5) is 9.52 Å². The van der Waals surface area contributed by atoms with E-state index < -0.39 is 0 Å². The molecule has 1 aliphatic rings. The SMILES string of the molecule is O=C(Nc1nnc(SCC2CC2)s1)c1ccc(F)cc1. The standard InChI is InChI=1S/C13H12FN3OS2/c14-10-5-3-9(4-6-10)11(18)15-12-16-17-13(20-12)19-7-8-1-2-8/h3-6,8H,1-2,7H2,(H,15,16,18). The lowest BCUT2D eigenvalue weighted by Gasteiger charge is -2.00. The normalized spacial score (nSPS) is 14.2. The molecule has 0 bridgehead atoms. The number of nitrogens with zero attached hydrogens (tertiary/aromatic N) is 2. The lowest BCUT2D eigenvalue weighted by Crippen LogP contribution is -2.11. The highest BCUT2D eigenvalue weighted by Crippen LogP contribution is 2.36. The molecule has 1 heterocycles. The predicted octanol–water partition coefficient (Wildman–Crippen LogP) is 3.43. The van der Waals surface area contributed by atoms with Crippen LogP contribution in [0.3, 0.4) is 0 Å². The number of anilines is 1. The van der Waals surface area contributed by atoms with Crippen LogP contribution in [-0.4, -0.2) is 21.9 Å². The Kier molecular flexibility index (Phi) is 3.98. The van der Waals surface area contributed by atoms with Gasteiger partial charge in [-0.1, -0.05) is 23.1 Å². The summed E-state index contributed by atoms with van der Waals surface area (Å²) < 4.78 is 13.6. The van der Waals surface area contributed by atoms with Crippen molar-refractivity contribution >= 4 is 34.1 Å². The van der Waals surface area contributed by atoms with E-state index >= 15 is 0 Å². The maximum atomic E-state index is 12.8. The monoisotopic (exact) mass is 309 g/mol. The molecule has 104 valence electrons. The van der Waals surface area contributed by atoms with E-state index in [1.165, 1.54) is 48.4 Å². The van der Waals surface area contributed by atoms with E-state index in [1.807, 2.05) is 0 Å². The second kappa shape index (κ2) is 5.88. The molecule has 1 N–H and O–H groups in total. The van der Waals surface area contributed by atoms with Crippen molar-refractivity contribution in [2.24, 2.45) is 5.92 Å². The van der Waals surface area contributed by atoms with Crippen LogP contribution in [0.2, 0.25) is 0 Å². The summed E-state index contributed by atoms with van der Waals surface area (Å²) >= 11 is 3.04. The first-order valence-electron chi connectivity index (χ1n) is 6.24. The highest BCUT2D eigenvalue weighted by atomic mass is 32.2. The van der Waals surface area contributed by atoms with Gasteiger partial charge >= 0.3 is 0 Å². The van der Waals surface area contributed by atoms with Crippen molar-refractivity contribution in [1.82, 2.24) is 10.2 Å². The van der Waals surface area contributed by atoms with Gasteiger partial charge in [0.2, 0.25) is 5.13 Å². The van der Waals surface area contributed by atoms with Gasteiger partial charge in [-0.3, -0.25) is 10.1 Å². The average Bonchev–Trinajstić information content (AvgIpc) is 3.17. The fourth-order valence-electron chi connectivity index (χ4n) is 1.56. The maximum Gasteiger partial charge on any atom is 0.257 e. The lowest BCUT2D eigenvalue weighted by molar-refractivity contribution is 0.102. The zero-order valence-corrected chi connectivity index (χ0v) is 12.1. The number of hydrogen-bond donors (Lipinski definition) is 1. The van der Waals surface area contributed by atoms with E-state index in [1.54, 1.807) is 11.8 Å². The molecule has 1 fully saturated rings. The molecule has 0 atom stereocenters. The molecular weight excluding hydrogens is 297 g/mol. The minimum atomic E-state index is -0.365. The van der Waals surface area contributed by atoms with E-state index in [0.29, 0.717) is 10.7 Å². The van der Waals surface area contributed by atoms with Gasteiger partial charge in [0.1, 0.15) is 5.82 Å². The van der Waals surface area contributed by atoms with Gasteiger partial charge in [0.15, 0.2) is 4.34 Å². The minimum Gasteiger partial charge on any atom is -0.296 e. The molecule has 1 aromatic heterocycles. The summed E-state index contributed by atoms with van der Waals surface area (Å²) in [5.74, 6) is 1.22. The fraction of sp³-hybridized carbons (Fsp3) is 0.308. The van der Waals surface area contributed by atoms with Gasteiger partial charge in [0, 0.05) is 11.3 Å². The molecule has 1 amide bonds. The van der Waals surface area contributed by atoms with Crippen molar-refractivity contribution < 1.29 is 9.18 Å². The smallest absolute Gasteiger partial charge is 0.257 e. The topological polar surface area (TPSA) is 54.9 Å². The third-order valence-corrected chi connectivity index (χ3v) is 5.08. The molecule has 1 aromatic carbocycles. The van der Waals surface area contributed by atoms with Gasteiger partial charge < -0.3 is 0 Å². The molecule has 1 saturated carbocycles. The van der Waals surface area contributed by atoms with E-state index in [-0.39, 0.29) is 11.7 Å². The fourth-order valence-corrected chi connectivity index (χ4v) is 3.52. The van der Waals surface area contributed by atoms with E-state index in [9.17, 15) is 9.18 Å². The number of halogens is 1. The zero-order valence-electron chi connectivity index (χ0n) is 10.5. The molecule has 1 aliphatic carbocycles. The summed E-state index contributed by atoms with van der Waals surface area (Å²) in [6.45, 7) is 0. The Balaban J connectivity index is 1.58.